The van der Waals surface area contributed by atoms with Gasteiger partial charge in [-0.05, 0) is 67.9 Å². The number of likely N-dealkylation sites (tertiary alicyclic amines) is 1. The Morgan fingerprint density at radius 3 is 2.65 bits per heavy atom. The van der Waals surface area contributed by atoms with E-state index >= 15 is 0 Å². The van der Waals surface area contributed by atoms with Crippen LogP contribution >= 0.6 is 11.3 Å². The number of rotatable bonds is 8. The van der Waals surface area contributed by atoms with E-state index in [4.69, 9.17) is 4.74 Å². The molecule has 26 heavy (non-hydrogen) atoms. The lowest BCUT2D eigenvalue weighted by Crippen LogP contribution is -2.39. The van der Waals surface area contributed by atoms with Gasteiger partial charge in [-0.3, -0.25) is 4.79 Å². The van der Waals surface area contributed by atoms with Crippen LogP contribution in [0.1, 0.15) is 36.1 Å². The van der Waals surface area contributed by atoms with Crippen LogP contribution in [0.2, 0.25) is 0 Å². The van der Waals surface area contributed by atoms with Gasteiger partial charge < -0.3 is 15.0 Å². The Morgan fingerprint density at radius 2 is 2.00 bits per heavy atom. The Kier molecular flexibility index (Phi) is 7.09. The number of carbonyl (C=O) groups excluding carboxylic acids is 1. The van der Waals surface area contributed by atoms with Crippen molar-refractivity contribution < 1.29 is 9.53 Å². The van der Waals surface area contributed by atoms with Crippen LogP contribution in [-0.2, 0) is 11.2 Å². The Morgan fingerprint density at radius 1 is 1.23 bits per heavy atom. The molecule has 1 aliphatic rings. The maximum Gasteiger partial charge on any atom is 0.224 e. The topological polar surface area (TPSA) is 41.6 Å². The lowest BCUT2D eigenvalue weighted by molar-refractivity contribution is -0.120. The predicted octanol–water partition coefficient (Wildman–Crippen LogP) is 3.69. The SMILES string of the molecule is CCOc1ccc(CC(=O)NCCN2CCC(c3cccs3)CC2)cc1. The molecule has 1 aliphatic heterocycles. The summed E-state index contributed by atoms with van der Waals surface area (Å²) in [6.45, 7) is 6.52. The molecule has 0 atom stereocenters. The van der Waals surface area contributed by atoms with Crippen LogP contribution in [-0.4, -0.2) is 43.6 Å². The number of carbonyl (C=O) groups is 1. The number of hydrogen-bond acceptors (Lipinski definition) is 4. The molecule has 1 aromatic heterocycles. The Bertz CT molecular complexity index is 662. The summed E-state index contributed by atoms with van der Waals surface area (Å²) < 4.78 is 5.42. The predicted molar refractivity (Wildman–Crippen MR) is 107 cm³/mol. The van der Waals surface area contributed by atoms with Gasteiger partial charge in [0.05, 0.1) is 13.0 Å². The van der Waals surface area contributed by atoms with Crippen molar-refractivity contribution in [3.8, 4) is 5.75 Å². The van der Waals surface area contributed by atoms with E-state index in [0.717, 1.165) is 43.4 Å². The highest BCUT2D eigenvalue weighted by Crippen LogP contribution is 2.30. The van der Waals surface area contributed by atoms with Gasteiger partial charge in [-0.2, -0.15) is 0 Å². The van der Waals surface area contributed by atoms with Crippen molar-refractivity contribution in [2.45, 2.75) is 32.1 Å². The third-order valence-corrected chi connectivity index (χ3v) is 5.92. The number of hydrogen-bond donors (Lipinski definition) is 1. The highest BCUT2D eigenvalue weighted by molar-refractivity contribution is 7.10. The zero-order valence-corrected chi connectivity index (χ0v) is 16.3. The van der Waals surface area contributed by atoms with E-state index in [9.17, 15) is 4.79 Å². The molecule has 140 valence electrons. The highest BCUT2D eigenvalue weighted by Gasteiger charge is 2.20. The van der Waals surface area contributed by atoms with Crippen molar-refractivity contribution in [2.24, 2.45) is 0 Å². The first-order valence-corrected chi connectivity index (χ1v) is 10.4. The van der Waals surface area contributed by atoms with Crippen molar-refractivity contribution in [3.05, 3.63) is 52.2 Å². The van der Waals surface area contributed by atoms with Crippen LogP contribution in [0.5, 0.6) is 5.75 Å². The van der Waals surface area contributed by atoms with E-state index in [2.05, 4.69) is 27.7 Å². The molecule has 0 aliphatic carbocycles. The zero-order valence-electron chi connectivity index (χ0n) is 15.4. The number of benzene rings is 1. The Labute approximate surface area is 160 Å². The van der Waals surface area contributed by atoms with Crippen molar-refractivity contribution in [3.63, 3.8) is 0 Å². The molecule has 1 N–H and O–H groups in total. The Balaban J connectivity index is 1.32. The van der Waals surface area contributed by atoms with Gasteiger partial charge in [0.2, 0.25) is 5.91 Å². The first-order chi connectivity index (χ1) is 12.7. The van der Waals surface area contributed by atoms with Crippen molar-refractivity contribution in [1.29, 1.82) is 0 Å². The minimum atomic E-state index is 0.0858. The number of nitrogens with one attached hydrogen (secondary N) is 1. The molecule has 0 saturated carbocycles. The van der Waals surface area contributed by atoms with Crippen molar-refractivity contribution in [2.75, 3.05) is 32.8 Å². The first-order valence-electron chi connectivity index (χ1n) is 9.49. The van der Waals surface area contributed by atoms with E-state index in [0.29, 0.717) is 13.0 Å². The molecule has 0 spiro atoms. The second kappa shape index (κ2) is 9.74. The first kappa shape index (κ1) is 18.9. The van der Waals surface area contributed by atoms with Gasteiger partial charge in [0.15, 0.2) is 0 Å². The summed E-state index contributed by atoms with van der Waals surface area (Å²) in [5.74, 6) is 1.66. The summed E-state index contributed by atoms with van der Waals surface area (Å²) in [6, 6.07) is 12.2. The van der Waals surface area contributed by atoms with Crippen LogP contribution in [0.25, 0.3) is 0 Å². The second-order valence-corrected chi connectivity index (χ2v) is 7.71. The third kappa shape index (κ3) is 5.58. The lowest BCUT2D eigenvalue weighted by Gasteiger charge is -2.31. The minimum Gasteiger partial charge on any atom is -0.494 e. The molecule has 1 fully saturated rings. The van der Waals surface area contributed by atoms with Crippen molar-refractivity contribution >= 4 is 17.2 Å². The van der Waals surface area contributed by atoms with E-state index in [1.807, 2.05) is 42.5 Å². The molecule has 2 aromatic rings. The fourth-order valence-corrected chi connectivity index (χ4v) is 4.34. The average Bonchev–Trinajstić information content (AvgIpc) is 3.19. The van der Waals surface area contributed by atoms with E-state index in [-0.39, 0.29) is 5.91 Å². The monoisotopic (exact) mass is 372 g/mol. The average molecular weight is 373 g/mol. The molecule has 4 nitrogen and oxygen atoms in total. The molecular formula is C21H28N2O2S. The molecule has 0 bridgehead atoms. The number of ether oxygens (including phenoxy) is 1. The molecule has 5 heteroatoms. The molecule has 2 heterocycles. The van der Waals surface area contributed by atoms with Crippen LogP contribution < -0.4 is 10.1 Å². The van der Waals surface area contributed by atoms with Crippen molar-refractivity contribution in [1.82, 2.24) is 10.2 Å². The number of amides is 1. The van der Waals surface area contributed by atoms with Gasteiger partial charge in [0, 0.05) is 18.0 Å². The normalized spacial score (nSPS) is 15.7. The Hall–Kier alpha value is -1.85. The van der Waals surface area contributed by atoms with E-state index < -0.39 is 0 Å². The minimum absolute atomic E-state index is 0.0858. The smallest absolute Gasteiger partial charge is 0.224 e. The summed E-state index contributed by atoms with van der Waals surface area (Å²) in [7, 11) is 0. The number of piperidine rings is 1. The fraction of sp³-hybridized carbons (Fsp3) is 0.476. The summed E-state index contributed by atoms with van der Waals surface area (Å²) in [6.07, 6.45) is 2.87. The second-order valence-electron chi connectivity index (χ2n) is 6.74. The maximum atomic E-state index is 12.1. The number of nitrogens with zero attached hydrogens (tertiary/aromatic N) is 1. The summed E-state index contributed by atoms with van der Waals surface area (Å²) in [5, 5.41) is 5.22. The summed E-state index contributed by atoms with van der Waals surface area (Å²) >= 11 is 1.87. The number of thiophene rings is 1. The summed E-state index contributed by atoms with van der Waals surface area (Å²) in [5.41, 5.74) is 1.02. The molecule has 0 radical (unpaired) electrons. The van der Waals surface area contributed by atoms with E-state index in [1.165, 1.54) is 17.7 Å². The largest absolute Gasteiger partial charge is 0.494 e. The fourth-order valence-electron chi connectivity index (χ4n) is 3.44. The van der Waals surface area contributed by atoms with Crippen LogP contribution in [0.15, 0.2) is 41.8 Å². The quantitative estimate of drug-likeness (QED) is 0.768. The molecule has 1 saturated heterocycles. The molecule has 1 amide bonds. The maximum absolute atomic E-state index is 12.1. The highest BCUT2D eigenvalue weighted by atomic mass is 32.1. The molecule has 0 unspecified atom stereocenters. The third-order valence-electron chi connectivity index (χ3n) is 4.88. The molecular weight excluding hydrogens is 344 g/mol. The van der Waals surface area contributed by atoms with Gasteiger partial charge in [-0.15, -0.1) is 11.3 Å². The van der Waals surface area contributed by atoms with Crippen LogP contribution in [0.4, 0.5) is 0 Å². The van der Waals surface area contributed by atoms with Crippen LogP contribution in [0.3, 0.4) is 0 Å². The van der Waals surface area contributed by atoms with Crippen LogP contribution in [0, 0.1) is 0 Å². The summed E-state index contributed by atoms with van der Waals surface area (Å²) in [4.78, 5) is 16.1. The van der Waals surface area contributed by atoms with Gasteiger partial charge in [0.25, 0.3) is 0 Å². The standard InChI is InChI=1S/C21H28N2O2S/c1-2-25-19-7-5-17(6-8-19)16-21(24)22-11-14-23-12-9-18(10-13-23)20-4-3-15-26-20/h3-8,15,18H,2,9-14,16H2,1H3,(H,22,24). The van der Waals surface area contributed by atoms with Gasteiger partial charge >= 0.3 is 0 Å². The molecule has 1 aromatic carbocycles. The zero-order chi connectivity index (χ0) is 18.2. The van der Waals surface area contributed by atoms with Gasteiger partial charge in [0.1, 0.15) is 5.75 Å². The molecule has 3 rings (SSSR count). The van der Waals surface area contributed by atoms with E-state index in [1.54, 1.807) is 0 Å². The van der Waals surface area contributed by atoms with Gasteiger partial charge in [-0.25, -0.2) is 0 Å². The lowest BCUT2D eigenvalue weighted by atomic mass is 9.95. The van der Waals surface area contributed by atoms with Gasteiger partial charge in [-0.1, -0.05) is 18.2 Å².